The number of aromatic nitrogens is 2. The van der Waals surface area contributed by atoms with Crippen LogP contribution in [0.25, 0.3) is 22.3 Å². The summed E-state index contributed by atoms with van der Waals surface area (Å²) < 4.78 is 0. The molecule has 0 aliphatic carbocycles. The summed E-state index contributed by atoms with van der Waals surface area (Å²) in [6.45, 7) is 2.63. The van der Waals surface area contributed by atoms with Crippen LogP contribution in [0, 0.1) is 0 Å². The van der Waals surface area contributed by atoms with E-state index in [1.807, 2.05) is 61.5 Å². The summed E-state index contributed by atoms with van der Waals surface area (Å²) in [6, 6.07) is 17.1. The third-order valence-corrected chi connectivity index (χ3v) is 3.40. The maximum absolute atomic E-state index is 12.0. The Bertz CT molecular complexity index is 818. The highest BCUT2D eigenvalue weighted by molar-refractivity contribution is 5.99. The molecule has 0 unspecified atom stereocenters. The zero-order chi connectivity index (χ0) is 16.1. The van der Waals surface area contributed by atoms with Crippen molar-refractivity contribution in [2.75, 3.05) is 11.9 Å². The first-order valence-corrected chi connectivity index (χ1v) is 7.65. The van der Waals surface area contributed by atoms with Gasteiger partial charge in [0.15, 0.2) is 5.82 Å². The van der Waals surface area contributed by atoms with Crippen molar-refractivity contribution in [1.29, 1.82) is 0 Å². The molecule has 0 bridgehead atoms. The maximum Gasteiger partial charge on any atom is 0.320 e. The third kappa shape index (κ3) is 3.45. The molecular formula is C18H18N4O. The standard InChI is InChI=1S/C18H18N4O/c1-2-12-19-18(23)22-17-14-10-6-7-11-15(14)20-16(21-17)13-8-4-3-5-9-13/h3-11H,2,12H2,1H3,(H2,19,20,21,22,23). The number of hydrogen-bond donors (Lipinski definition) is 2. The van der Waals surface area contributed by atoms with Crippen molar-refractivity contribution in [3.05, 3.63) is 54.6 Å². The molecule has 3 rings (SSSR count). The molecule has 0 saturated carbocycles. The lowest BCUT2D eigenvalue weighted by Gasteiger charge is -2.10. The first kappa shape index (κ1) is 15.0. The summed E-state index contributed by atoms with van der Waals surface area (Å²) in [5.74, 6) is 1.11. The number of fused-ring (bicyclic) bond motifs is 1. The minimum absolute atomic E-state index is 0.255. The Balaban J connectivity index is 2.02. The summed E-state index contributed by atoms with van der Waals surface area (Å²) in [7, 11) is 0. The Hall–Kier alpha value is -2.95. The van der Waals surface area contributed by atoms with Crippen LogP contribution >= 0.6 is 0 Å². The lowest BCUT2D eigenvalue weighted by molar-refractivity contribution is 0.252. The molecule has 0 radical (unpaired) electrons. The average Bonchev–Trinajstić information content (AvgIpc) is 2.60. The van der Waals surface area contributed by atoms with E-state index in [-0.39, 0.29) is 6.03 Å². The van der Waals surface area contributed by atoms with E-state index in [1.54, 1.807) is 0 Å². The van der Waals surface area contributed by atoms with Gasteiger partial charge in [-0.05, 0) is 18.6 Å². The number of carbonyl (C=O) groups is 1. The van der Waals surface area contributed by atoms with Crippen LogP contribution in [0.2, 0.25) is 0 Å². The minimum atomic E-state index is -0.255. The molecule has 2 amide bonds. The monoisotopic (exact) mass is 306 g/mol. The lowest BCUT2D eigenvalue weighted by Crippen LogP contribution is -2.29. The van der Waals surface area contributed by atoms with Gasteiger partial charge in [0.25, 0.3) is 0 Å². The van der Waals surface area contributed by atoms with Gasteiger partial charge in [0.1, 0.15) is 5.82 Å². The molecule has 0 spiro atoms. The highest BCUT2D eigenvalue weighted by Crippen LogP contribution is 2.24. The van der Waals surface area contributed by atoms with Crippen LogP contribution in [0.4, 0.5) is 10.6 Å². The minimum Gasteiger partial charge on any atom is -0.338 e. The number of benzene rings is 2. The van der Waals surface area contributed by atoms with Gasteiger partial charge in [-0.15, -0.1) is 0 Å². The Kier molecular flexibility index (Phi) is 4.47. The highest BCUT2D eigenvalue weighted by atomic mass is 16.2. The van der Waals surface area contributed by atoms with Gasteiger partial charge >= 0.3 is 6.03 Å². The molecule has 0 fully saturated rings. The van der Waals surface area contributed by atoms with Crippen LogP contribution < -0.4 is 10.6 Å². The van der Waals surface area contributed by atoms with Crippen molar-refractivity contribution in [1.82, 2.24) is 15.3 Å². The predicted molar refractivity (Wildman–Crippen MR) is 92.3 cm³/mol. The first-order chi connectivity index (χ1) is 11.3. The van der Waals surface area contributed by atoms with Crippen molar-refractivity contribution in [3.63, 3.8) is 0 Å². The quantitative estimate of drug-likeness (QED) is 0.770. The Morgan fingerprint density at radius 2 is 1.74 bits per heavy atom. The normalized spacial score (nSPS) is 10.5. The van der Waals surface area contributed by atoms with Crippen molar-refractivity contribution >= 4 is 22.8 Å². The van der Waals surface area contributed by atoms with E-state index in [9.17, 15) is 4.79 Å². The topological polar surface area (TPSA) is 66.9 Å². The average molecular weight is 306 g/mol. The van der Waals surface area contributed by atoms with E-state index in [0.717, 1.165) is 22.9 Å². The van der Waals surface area contributed by atoms with Crippen molar-refractivity contribution < 1.29 is 4.79 Å². The van der Waals surface area contributed by atoms with Gasteiger partial charge in [0.2, 0.25) is 0 Å². The number of amides is 2. The second-order valence-corrected chi connectivity index (χ2v) is 5.16. The van der Waals surface area contributed by atoms with Crippen LogP contribution in [0.1, 0.15) is 13.3 Å². The van der Waals surface area contributed by atoms with Crippen LogP contribution in [0.5, 0.6) is 0 Å². The van der Waals surface area contributed by atoms with Crippen LogP contribution in [0.3, 0.4) is 0 Å². The number of hydrogen-bond acceptors (Lipinski definition) is 3. The fraction of sp³-hybridized carbons (Fsp3) is 0.167. The third-order valence-electron chi connectivity index (χ3n) is 3.40. The highest BCUT2D eigenvalue weighted by Gasteiger charge is 2.11. The van der Waals surface area contributed by atoms with E-state index >= 15 is 0 Å². The Morgan fingerprint density at radius 1 is 1.00 bits per heavy atom. The smallest absolute Gasteiger partial charge is 0.320 e. The van der Waals surface area contributed by atoms with Gasteiger partial charge in [-0.2, -0.15) is 0 Å². The molecule has 0 saturated heterocycles. The molecule has 0 aliphatic rings. The zero-order valence-corrected chi connectivity index (χ0v) is 12.9. The number of carbonyl (C=O) groups excluding carboxylic acids is 1. The van der Waals surface area contributed by atoms with Crippen molar-refractivity contribution in [3.8, 4) is 11.4 Å². The molecule has 1 heterocycles. The van der Waals surface area contributed by atoms with Crippen LogP contribution in [-0.4, -0.2) is 22.5 Å². The van der Waals surface area contributed by atoms with E-state index in [2.05, 4.69) is 20.6 Å². The number of anilines is 1. The summed E-state index contributed by atoms with van der Waals surface area (Å²) in [5, 5.41) is 6.44. The number of nitrogens with one attached hydrogen (secondary N) is 2. The molecule has 23 heavy (non-hydrogen) atoms. The SMILES string of the molecule is CCCNC(=O)Nc1nc(-c2ccccc2)nc2ccccc12. The molecule has 2 aromatic carbocycles. The summed E-state index contributed by atoms with van der Waals surface area (Å²) in [4.78, 5) is 21.1. The molecule has 0 atom stereocenters. The summed E-state index contributed by atoms with van der Waals surface area (Å²) in [6.07, 6.45) is 0.882. The molecular weight excluding hydrogens is 288 g/mol. The van der Waals surface area contributed by atoms with E-state index in [0.29, 0.717) is 18.2 Å². The van der Waals surface area contributed by atoms with Crippen molar-refractivity contribution in [2.45, 2.75) is 13.3 Å². The van der Waals surface area contributed by atoms with Gasteiger partial charge in [0, 0.05) is 17.5 Å². The fourth-order valence-electron chi connectivity index (χ4n) is 2.28. The summed E-state index contributed by atoms with van der Waals surface area (Å²) >= 11 is 0. The van der Waals surface area contributed by atoms with Gasteiger partial charge in [-0.1, -0.05) is 49.4 Å². The van der Waals surface area contributed by atoms with E-state index in [1.165, 1.54) is 0 Å². The molecule has 2 N–H and O–H groups in total. The molecule has 1 aromatic heterocycles. The van der Waals surface area contributed by atoms with Gasteiger partial charge in [-0.25, -0.2) is 14.8 Å². The predicted octanol–water partition coefficient (Wildman–Crippen LogP) is 3.83. The Labute approximate surface area is 134 Å². The Morgan fingerprint density at radius 3 is 2.52 bits per heavy atom. The molecule has 0 aliphatic heterocycles. The molecule has 116 valence electrons. The first-order valence-electron chi connectivity index (χ1n) is 7.65. The van der Waals surface area contributed by atoms with Gasteiger partial charge in [0.05, 0.1) is 5.52 Å². The number of para-hydroxylation sites is 1. The molecule has 5 heteroatoms. The van der Waals surface area contributed by atoms with Gasteiger partial charge < -0.3 is 5.32 Å². The number of urea groups is 1. The number of rotatable bonds is 4. The van der Waals surface area contributed by atoms with Crippen LogP contribution in [0.15, 0.2) is 54.6 Å². The van der Waals surface area contributed by atoms with Gasteiger partial charge in [-0.3, -0.25) is 5.32 Å². The summed E-state index contributed by atoms with van der Waals surface area (Å²) in [5.41, 5.74) is 1.71. The fourth-order valence-corrected chi connectivity index (χ4v) is 2.28. The van der Waals surface area contributed by atoms with E-state index < -0.39 is 0 Å². The molecule has 3 aromatic rings. The second kappa shape index (κ2) is 6.87. The lowest BCUT2D eigenvalue weighted by atomic mass is 10.2. The van der Waals surface area contributed by atoms with Crippen LogP contribution in [-0.2, 0) is 0 Å². The maximum atomic E-state index is 12.0. The second-order valence-electron chi connectivity index (χ2n) is 5.16. The number of nitrogens with zero attached hydrogens (tertiary/aromatic N) is 2. The van der Waals surface area contributed by atoms with Crippen molar-refractivity contribution in [2.24, 2.45) is 0 Å². The van der Waals surface area contributed by atoms with E-state index in [4.69, 9.17) is 0 Å². The zero-order valence-electron chi connectivity index (χ0n) is 12.9. The largest absolute Gasteiger partial charge is 0.338 e. The molecule has 5 nitrogen and oxygen atoms in total.